The number of nitrogens with one attached hydrogen (secondary N) is 1. The monoisotopic (exact) mass is 241 g/mol. The van der Waals surface area contributed by atoms with Crippen LogP contribution >= 0.6 is 0 Å². The first-order valence-corrected chi connectivity index (χ1v) is 7.53. The summed E-state index contributed by atoms with van der Waals surface area (Å²) in [6.45, 7) is 9.87. The molecule has 0 aromatic rings. The summed E-state index contributed by atoms with van der Waals surface area (Å²) in [6, 6.07) is 0.844. The minimum absolute atomic E-state index is 0.762. The molecular weight excluding hydrogens is 210 g/mol. The summed E-state index contributed by atoms with van der Waals surface area (Å²) in [5.74, 6) is 1.58. The molecule has 0 aromatic carbocycles. The smallest absolute Gasteiger partial charge is 0.0469 e. The molecule has 0 radical (unpaired) electrons. The molecule has 0 saturated heterocycles. The van der Waals surface area contributed by atoms with Gasteiger partial charge in [-0.3, -0.25) is 0 Å². The van der Waals surface area contributed by atoms with Crippen LogP contribution in [0, 0.1) is 11.8 Å². The molecule has 1 unspecified atom stereocenters. The van der Waals surface area contributed by atoms with Crippen molar-refractivity contribution in [3.63, 3.8) is 0 Å². The average Bonchev–Trinajstić information content (AvgIpc) is 3.08. The lowest BCUT2D eigenvalue weighted by molar-refractivity contribution is 0.109. The van der Waals surface area contributed by atoms with Gasteiger partial charge >= 0.3 is 0 Å². The number of rotatable bonds is 11. The van der Waals surface area contributed by atoms with Crippen molar-refractivity contribution < 1.29 is 4.74 Å². The highest BCUT2D eigenvalue weighted by atomic mass is 16.5. The van der Waals surface area contributed by atoms with E-state index >= 15 is 0 Å². The Bertz CT molecular complexity index is 178. The van der Waals surface area contributed by atoms with Crippen molar-refractivity contribution in [2.24, 2.45) is 11.8 Å². The Hall–Kier alpha value is -0.0800. The molecule has 1 N–H and O–H groups in total. The Labute approximate surface area is 108 Å². The highest BCUT2D eigenvalue weighted by Gasteiger charge is 2.21. The number of hydrogen-bond donors (Lipinski definition) is 1. The van der Waals surface area contributed by atoms with Crippen LogP contribution in [0.3, 0.4) is 0 Å². The highest BCUT2D eigenvalue weighted by molar-refractivity contribution is 4.81. The maximum absolute atomic E-state index is 5.72. The summed E-state index contributed by atoms with van der Waals surface area (Å²) in [4.78, 5) is 0. The standard InChI is InChI=1S/C15H31NO/c1-4-5-14(12-16-15-6-7-15)9-11-17-10-8-13(2)3/h13-16H,4-12H2,1-3H3. The summed E-state index contributed by atoms with van der Waals surface area (Å²) in [6.07, 6.45) is 7.84. The fourth-order valence-corrected chi connectivity index (χ4v) is 2.05. The van der Waals surface area contributed by atoms with Gasteiger partial charge in [-0.1, -0.05) is 27.2 Å². The van der Waals surface area contributed by atoms with Gasteiger partial charge in [-0.15, -0.1) is 0 Å². The summed E-state index contributed by atoms with van der Waals surface area (Å²) in [5, 5.41) is 3.65. The molecular formula is C15H31NO. The highest BCUT2D eigenvalue weighted by Crippen LogP contribution is 2.20. The van der Waals surface area contributed by atoms with Crippen LogP contribution in [0.15, 0.2) is 0 Å². The predicted octanol–water partition coefficient (Wildman–Crippen LogP) is 3.61. The third-order valence-electron chi connectivity index (χ3n) is 3.48. The van der Waals surface area contributed by atoms with Crippen molar-refractivity contribution in [3.05, 3.63) is 0 Å². The SMILES string of the molecule is CCCC(CCOCCC(C)C)CNC1CC1. The van der Waals surface area contributed by atoms with Gasteiger partial charge in [0.15, 0.2) is 0 Å². The van der Waals surface area contributed by atoms with Crippen LogP contribution < -0.4 is 5.32 Å². The van der Waals surface area contributed by atoms with Gasteiger partial charge in [-0.2, -0.15) is 0 Å². The summed E-state index contributed by atoms with van der Waals surface area (Å²) in [5.41, 5.74) is 0. The van der Waals surface area contributed by atoms with E-state index in [-0.39, 0.29) is 0 Å². The van der Waals surface area contributed by atoms with Gasteiger partial charge in [0.25, 0.3) is 0 Å². The average molecular weight is 241 g/mol. The molecule has 0 spiro atoms. The minimum atomic E-state index is 0.762. The zero-order chi connectivity index (χ0) is 12.5. The van der Waals surface area contributed by atoms with Crippen molar-refractivity contribution in [2.75, 3.05) is 19.8 Å². The Morgan fingerprint density at radius 2 is 1.82 bits per heavy atom. The predicted molar refractivity (Wildman–Crippen MR) is 74.3 cm³/mol. The first kappa shape index (κ1) is 15.0. The first-order valence-electron chi connectivity index (χ1n) is 7.53. The first-order chi connectivity index (χ1) is 8.22. The molecule has 2 nitrogen and oxygen atoms in total. The topological polar surface area (TPSA) is 21.3 Å². The lowest BCUT2D eigenvalue weighted by atomic mass is 10.0. The van der Waals surface area contributed by atoms with Gasteiger partial charge in [-0.25, -0.2) is 0 Å². The van der Waals surface area contributed by atoms with E-state index in [9.17, 15) is 0 Å². The van der Waals surface area contributed by atoms with Crippen LogP contribution in [0.1, 0.15) is 59.3 Å². The summed E-state index contributed by atoms with van der Waals surface area (Å²) < 4.78 is 5.72. The summed E-state index contributed by atoms with van der Waals surface area (Å²) in [7, 11) is 0. The lowest BCUT2D eigenvalue weighted by Gasteiger charge is -2.17. The molecule has 1 atom stereocenters. The van der Waals surface area contributed by atoms with E-state index in [0.717, 1.165) is 31.1 Å². The van der Waals surface area contributed by atoms with E-state index in [4.69, 9.17) is 4.74 Å². The van der Waals surface area contributed by atoms with E-state index in [1.807, 2.05) is 0 Å². The lowest BCUT2D eigenvalue weighted by Crippen LogP contribution is -2.25. The number of hydrogen-bond acceptors (Lipinski definition) is 2. The van der Waals surface area contributed by atoms with Crippen molar-refractivity contribution in [3.8, 4) is 0 Å². The van der Waals surface area contributed by atoms with E-state index in [1.54, 1.807) is 0 Å². The van der Waals surface area contributed by atoms with Gasteiger partial charge in [-0.05, 0) is 50.5 Å². The van der Waals surface area contributed by atoms with Crippen molar-refractivity contribution in [2.45, 2.75) is 65.3 Å². The van der Waals surface area contributed by atoms with Gasteiger partial charge in [0.05, 0.1) is 0 Å². The normalized spacial score (nSPS) is 17.6. The van der Waals surface area contributed by atoms with E-state index in [1.165, 1.54) is 45.1 Å². The van der Waals surface area contributed by atoms with E-state index in [0.29, 0.717) is 0 Å². The molecule has 102 valence electrons. The number of ether oxygens (including phenoxy) is 1. The molecule has 17 heavy (non-hydrogen) atoms. The molecule has 0 amide bonds. The Morgan fingerprint density at radius 1 is 1.12 bits per heavy atom. The molecule has 0 aliphatic heterocycles. The van der Waals surface area contributed by atoms with Gasteiger partial charge in [0.2, 0.25) is 0 Å². The van der Waals surface area contributed by atoms with Crippen molar-refractivity contribution in [1.82, 2.24) is 5.32 Å². The zero-order valence-electron chi connectivity index (χ0n) is 12.0. The third-order valence-corrected chi connectivity index (χ3v) is 3.48. The van der Waals surface area contributed by atoms with Gasteiger partial charge in [0, 0.05) is 19.3 Å². The second-order valence-corrected chi connectivity index (χ2v) is 5.92. The van der Waals surface area contributed by atoms with Crippen LogP contribution in [0.4, 0.5) is 0 Å². The molecule has 1 aliphatic carbocycles. The van der Waals surface area contributed by atoms with Crippen LogP contribution in [-0.2, 0) is 4.74 Å². The van der Waals surface area contributed by atoms with Crippen LogP contribution in [0.5, 0.6) is 0 Å². The van der Waals surface area contributed by atoms with Crippen LogP contribution in [0.25, 0.3) is 0 Å². The third kappa shape index (κ3) is 8.62. The largest absolute Gasteiger partial charge is 0.381 e. The summed E-state index contributed by atoms with van der Waals surface area (Å²) >= 11 is 0. The van der Waals surface area contributed by atoms with Gasteiger partial charge in [0.1, 0.15) is 0 Å². The maximum Gasteiger partial charge on any atom is 0.0469 e. The fourth-order valence-electron chi connectivity index (χ4n) is 2.05. The van der Waals surface area contributed by atoms with Gasteiger partial charge < -0.3 is 10.1 Å². The molecule has 0 aromatic heterocycles. The second kappa shape index (κ2) is 8.93. The Kier molecular flexibility index (Phi) is 7.87. The van der Waals surface area contributed by atoms with Crippen LogP contribution in [-0.4, -0.2) is 25.8 Å². The Balaban J connectivity index is 1.97. The van der Waals surface area contributed by atoms with E-state index < -0.39 is 0 Å². The van der Waals surface area contributed by atoms with Crippen molar-refractivity contribution in [1.29, 1.82) is 0 Å². The fraction of sp³-hybridized carbons (Fsp3) is 1.00. The molecule has 1 saturated carbocycles. The second-order valence-electron chi connectivity index (χ2n) is 5.92. The quantitative estimate of drug-likeness (QED) is 0.558. The molecule has 0 bridgehead atoms. The zero-order valence-corrected chi connectivity index (χ0v) is 12.0. The molecule has 1 rings (SSSR count). The molecule has 0 heterocycles. The molecule has 1 fully saturated rings. The maximum atomic E-state index is 5.72. The Morgan fingerprint density at radius 3 is 2.41 bits per heavy atom. The minimum Gasteiger partial charge on any atom is -0.381 e. The molecule has 1 aliphatic rings. The van der Waals surface area contributed by atoms with Crippen molar-refractivity contribution >= 4 is 0 Å². The van der Waals surface area contributed by atoms with E-state index in [2.05, 4.69) is 26.1 Å². The van der Waals surface area contributed by atoms with Crippen LogP contribution in [0.2, 0.25) is 0 Å². The molecule has 2 heteroatoms.